The first-order chi connectivity index (χ1) is 11.1. The van der Waals surface area contributed by atoms with Crippen molar-refractivity contribution in [3.05, 3.63) is 54.1 Å². The number of nitrogens with zero attached hydrogens (tertiary/aromatic N) is 1. The van der Waals surface area contributed by atoms with E-state index in [1.54, 1.807) is 41.3 Å². The number of hydrogen-bond acceptors (Lipinski definition) is 3. The highest BCUT2D eigenvalue weighted by atomic mass is 16.3. The van der Waals surface area contributed by atoms with Crippen molar-refractivity contribution in [2.75, 3.05) is 11.4 Å². The first-order valence-electron chi connectivity index (χ1n) is 8.01. The minimum atomic E-state index is -0.104. The van der Waals surface area contributed by atoms with Gasteiger partial charge in [0.1, 0.15) is 11.5 Å². The Labute approximate surface area is 137 Å². The Morgan fingerprint density at radius 3 is 2.00 bits per heavy atom. The summed E-state index contributed by atoms with van der Waals surface area (Å²) in [5.74, 6) is 0.213. The van der Waals surface area contributed by atoms with E-state index < -0.39 is 0 Å². The molecular formula is C19H23NO3. The van der Waals surface area contributed by atoms with E-state index in [4.69, 9.17) is 0 Å². The Bertz CT molecular complexity index is 620. The molecule has 0 radical (unpaired) electrons. The zero-order chi connectivity index (χ0) is 16.7. The van der Waals surface area contributed by atoms with E-state index in [-0.39, 0.29) is 17.4 Å². The van der Waals surface area contributed by atoms with E-state index in [1.165, 1.54) is 12.1 Å². The van der Waals surface area contributed by atoms with Crippen LogP contribution in [0.2, 0.25) is 0 Å². The van der Waals surface area contributed by atoms with Crippen molar-refractivity contribution in [3.8, 4) is 11.5 Å². The molecule has 4 nitrogen and oxygen atoms in total. The number of carbonyl (C=O) groups excluding carboxylic acids is 1. The lowest BCUT2D eigenvalue weighted by Crippen LogP contribution is -2.31. The van der Waals surface area contributed by atoms with Crippen LogP contribution in [0.25, 0.3) is 0 Å². The number of rotatable bonds is 7. The second kappa shape index (κ2) is 8.22. The van der Waals surface area contributed by atoms with Gasteiger partial charge in [0.2, 0.25) is 0 Å². The largest absolute Gasteiger partial charge is 0.508 e. The number of hydrogen-bond donors (Lipinski definition) is 2. The molecule has 0 atom stereocenters. The van der Waals surface area contributed by atoms with E-state index in [1.807, 2.05) is 0 Å². The second-order valence-electron chi connectivity index (χ2n) is 5.58. The Morgan fingerprint density at radius 1 is 0.870 bits per heavy atom. The Hall–Kier alpha value is -2.49. The number of carbonyl (C=O) groups is 1. The van der Waals surface area contributed by atoms with Crippen LogP contribution in [0.3, 0.4) is 0 Å². The molecule has 0 unspecified atom stereocenters. The fourth-order valence-corrected chi connectivity index (χ4v) is 2.44. The average Bonchev–Trinajstić information content (AvgIpc) is 2.56. The van der Waals surface area contributed by atoms with Crippen molar-refractivity contribution < 1.29 is 15.0 Å². The Balaban J connectivity index is 2.19. The zero-order valence-corrected chi connectivity index (χ0v) is 13.4. The van der Waals surface area contributed by atoms with Crippen LogP contribution >= 0.6 is 0 Å². The van der Waals surface area contributed by atoms with Gasteiger partial charge in [-0.1, -0.05) is 26.2 Å². The molecular weight excluding hydrogens is 290 g/mol. The fourth-order valence-electron chi connectivity index (χ4n) is 2.44. The van der Waals surface area contributed by atoms with Gasteiger partial charge in [0.15, 0.2) is 0 Å². The molecule has 0 heterocycles. The SMILES string of the molecule is CCCCCCN(C(=O)c1ccc(O)cc1)c1ccc(O)cc1. The summed E-state index contributed by atoms with van der Waals surface area (Å²) in [6, 6.07) is 12.9. The lowest BCUT2D eigenvalue weighted by molar-refractivity contribution is 0.0986. The van der Waals surface area contributed by atoms with Gasteiger partial charge < -0.3 is 15.1 Å². The maximum absolute atomic E-state index is 12.8. The molecule has 1 amide bonds. The topological polar surface area (TPSA) is 60.8 Å². The van der Waals surface area contributed by atoms with E-state index >= 15 is 0 Å². The molecule has 0 aliphatic heterocycles. The van der Waals surface area contributed by atoms with Crippen LogP contribution in [0.5, 0.6) is 11.5 Å². The molecule has 0 spiro atoms. The third kappa shape index (κ3) is 4.74. The van der Waals surface area contributed by atoms with Crippen LogP contribution in [0, 0.1) is 0 Å². The molecule has 2 aromatic carbocycles. The number of unbranched alkanes of at least 4 members (excludes halogenated alkanes) is 3. The molecule has 4 heteroatoms. The van der Waals surface area contributed by atoms with Crippen LogP contribution < -0.4 is 4.90 Å². The second-order valence-corrected chi connectivity index (χ2v) is 5.58. The van der Waals surface area contributed by atoms with Crippen molar-refractivity contribution in [2.45, 2.75) is 32.6 Å². The van der Waals surface area contributed by atoms with Crippen LogP contribution in [0.15, 0.2) is 48.5 Å². The van der Waals surface area contributed by atoms with Gasteiger partial charge in [-0.2, -0.15) is 0 Å². The number of aromatic hydroxyl groups is 2. The summed E-state index contributed by atoms with van der Waals surface area (Å²) in [6.07, 6.45) is 4.30. The standard InChI is InChI=1S/C19H23NO3/c1-2-3-4-5-14-20(16-8-12-18(22)13-9-16)19(23)15-6-10-17(21)11-7-15/h6-13,21-22H,2-5,14H2,1H3. The van der Waals surface area contributed by atoms with E-state index in [2.05, 4.69) is 6.92 Å². The number of phenols is 2. The van der Waals surface area contributed by atoms with Crippen molar-refractivity contribution in [2.24, 2.45) is 0 Å². The van der Waals surface area contributed by atoms with Crippen molar-refractivity contribution in [3.63, 3.8) is 0 Å². The molecule has 23 heavy (non-hydrogen) atoms. The summed E-state index contributed by atoms with van der Waals surface area (Å²) < 4.78 is 0. The maximum Gasteiger partial charge on any atom is 0.258 e. The lowest BCUT2D eigenvalue weighted by Gasteiger charge is -2.23. The van der Waals surface area contributed by atoms with Crippen molar-refractivity contribution in [1.29, 1.82) is 0 Å². The fraction of sp³-hybridized carbons (Fsp3) is 0.316. The van der Waals surface area contributed by atoms with E-state index in [0.29, 0.717) is 12.1 Å². The molecule has 2 N–H and O–H groups in total. The van der Waals surface area contributed by atoms with E-state index in [9.17, 15) is 15.0 Å². The molecule has 0 saturated carbocycles. The smallest absolute Gasteiger partial charge is 0.258 e. The lowest BCUT2D eigenvalue weighted by atomic mass is 10.1. The van der Waals surface area contributed by atoms with Gasteiger partial charge in [-0.05, 0) is 55.0 Å². The predicted molar refractivity (Wildman–Crippen MR) is 92.0 cm³/mol. The maximum atomic E-state index is 12.8. The molecule has 2 rings (SSSR count). The normalized spacial score (nSPS) is 10.5. The Kier molecular flexibility index (Phi) is 6.03. The predicted octanol–water partition coefficient (Wildman–Crippen LogP) is 4.32. The van der Waals surface area contributed by atoms with Gasteiger partial charge in [-0.3, -0.25) is 4.79 Å². The quantitative estimate of drug-likeness (QED) is 0.748. The van der Waals surface area contributed by atoms with Crippen molar-refractivity contribution in [1.82, 2.24) is 0 Å². The monoisotopic (exact) mass is 313 g/mol. The van der Waals surface area contributed by atoms with Crippen LogP contribution in [0.1, 0.15) is 43.0 Å². The zero-order valence-electron chi connectivity index (χ0n) is 13.4. The summed E-state index contributed by atoms with van der Waals surface area (Å²) >= 11 is 0. The first-order valence-corrected chi connectivity index (χ1v) is 8.01. The highest BCUT2D eigenvalue weighted by molar-refractivity contribution is 6.06. The molecule has 0 fully saturated rings. The van der Waals surface area contributed by atoms with Crippen LogP contribution in [-0.2, 0) is 0 Å². The molecule has 0 aliphatic rings. The highest BCUT2D eigenvalue weighted by Crippen LogP contribution is 2.22. The number of benzene rings is 2. The Morgan fingerprint density at radius 2 is 1.43 bits per heavy atom. The van der Waals surface area contributed by atoms with Crippen LogP contribution in [-0.4, -0.2) is 22.7 Å². The molecule has 0 aromatic heterocycles. The average molecular weight is 313 g/mol. The van der Waals surface area contributed by atoms with Gasteiger partial charge >= 0.3 is 0 Å². The summed E-state index contributed by atoms with van der Waals surface area (Å²) in [6.45, 7) is 2.78. The number of phenolic OH excluding ortho intramolecular Hbond substituents is 2. The number of anilines is 1. The molecule has 2 aromatic rings. The third-order valence-electron chi connectivity index (χ3n) is 3.76. The molecule has 122 valence electrons. The van der Waals surface area contributed by atoms with Gasteiger partial charge in [0.05, 0.1) is 0 Å². The minimum absolute atomic E-state index is 0.104. The first kappa shape index (κ1) is 16.9. The number of amides is 1. The third-order valence-corrected chi connectivity index (χ3v) is 3.76. The van der Waals surface area contributed by atoms with Crippen LogP contribution in [0.4, 0.5) is 5.69 Å². The highest BCUT2D eigenvalue weighted by Gasteiger charge is 2.17. The molecule has 0 aliphatic carbocycles. The summed E-state index contributed by atoms with van der Waals surface area (Å²) in [4.78, 5) is 14.5. The summed E-state index contributed by atoms with van der Waals surface area (Å²) in [5, 5.41) is 18.8. The molecule has 0 saturated heterocycles. The van der Waals surface area contributed by atoms with Gasteiger partial charge in [0, 0.05) is 17.8 Å². The van der Waals surface area contributed by atoms with Gasteiger partial charge in [-0.25, -0.2) is 0 Å². The summed E-state index contributed by atoms with van der Waals surface area (Å²) in [5.41, 5.74) is 1.30. The summed E-state index contributed by atoms with van der Waals surface area (Å²) in [7, 11) is 0. The van der Waals surface area contributed by atoms with E-state index in [0.717, 1.165) is 31.4 Å². The molecule has 0 bridgehead atoms. The van der Waals surface area contributed by atoms with Gasteiger partial charge in [0.25, 0.3) is 5.91 Å². The minimum Gasteiger partial charge on any atom is -0.508 e. The van der Waals surface area contributed by atoms with Crippen molar-refractivity contribution >= 4 is 11.6 Å². The van der Waals surface area contributed by atoms with Gasteiger partial charge in [-0.15, -0.1) is 0 Å².